The van der Waals surface area contributed by atoms with E-state index in [1.54, 1.807) is 0 Å². The summed E-state index contributed by atoms with van der Waals surface area (Å²) in [4.78, 5) is 14.7. The Morgan fingerprint density at radius 1 is 1.36 bits per heavy atom. The molecule has 130 valence electrons. The van der Waals surface area contributed by atoms with Crippen molar-refractivity contribution in [2.45, 2.75) is 19.4 Å². The number of amides is 1. The standard InChI is InChI=1S/C16H20N8O/c1-22-8-3-5-13(22)10-17-16(25)12-4-2-9-23(11-12)15-7-6-14-18-20-21-24(14)19-15/h3,5-8,12H,2,4,9-11H2,1H3,(H,17,25)/t12-/m1/s1. The van der Waals surface area contributed by atoms with Gasteiger partial charge in [-0.3, -0.25) is 4.79 Å². The minimum absolute atomic E-state index is 0.0413. The highest BCUT2D eigenvalue weighted by atomic mass is 16.1. The number of hydrogen-bond donors (Lipinski definition) is 1. The average molecular weight is 340 g/mol. The number of aromatic nitrogens is 6. The predicted octanol–water partition coefficient (Wildman–Crippen LogP) is 0.391. The van der Waals surface area contributed by atoms with Crippen LogP contribution in [0.4, 0.5) is 5.82 Å². The van der Waals surface area contributed by atoms with Gasteiger partial charge in [-0.2, -0.15) is 0 Å². The summed E-state index contributed by atoms with van der Waals surface area (Å²) < 4.78 is 3.42. The van der Waals surface area contributed by atoms with Crippen molar-refractivity contribution in [3.05, 3.63) is 36.2 Å². The molecule has 4 heterocycles. The molecule has 9 nitrogen and oxygen atoms in total. The SMILES string of the molecule is Cn1cccc1CNC(=O)[C@@H]1CCCN(c2ccc3nnnn3n2)C1. The van der Waals surface area contributed by atoms with E-state index in [9.17, 15) is 4.79 Å². The third-order valence-corrected chi connectivity index (χ3v) is 4.67. The van der Waals surface area contributed by atoms with Gasteiger partial charge in [-0.15, -0.1) is 14.8 Å². The number of nitrogens with one attached hydrogen (secondary N) is 1. The molecule has 1 atom stereocenters. The van der Waals surface area contributed by atoms with Crippen LogP contribution >= 0.6 is 0 Å². The van der Waals surface area contributed by atoms with Gasteiger partial charge in [0.1, 0.15) is 0 Å². The lowest BCUT2D eigenvalue weighted by atomic mass is 9.97. The van der Waals surface area contributed by atoms with E-state index in [0.717, 1.165) is 30.9 Å². The molecule has 9 heteroatoms. The fraction of sp³-hybridized carbons (Fsp3) is 0.438. The number of nitrogens with zero attached hydrogens (tertiary/aromatic N) is 7. The van der Waals surface area contributed by atoms with Gasteiger partial charge in [-0.05, 0) is 47.5 Å². The molecule has 1 amide bonds. The molecular formula is C16H20N8O. The molecule has 1 N–H and O–H groups in total. The summed E-state index contributed by atoms with van der Waals surface area (Å²) in [6.07, 6.45) is 3.82. The zero-order valence-electron chi connectivity index (χ0n) is 14.0. The number of anilines is 1. The quantitative estimate of drug-likeness (QED) is 0.738. The number of piperidine rings is 1. The van der Waals surface area contributed by atoms with Gasteiger partial charge in [0.25, 0.3) is 0 Å². The first-order valence-electron chi connectivity index (χ1n) is 8.39. The second kappa shape index (κ2) is 6.50. The number of hydrogen-bond acceptors (Lipinski definition) is 6. The van der Waals surface area contributed by atoms with Crippen molar-refractivity contribution in [3.8, 4) is 0 Å². The van der Waals surface area contributed by atoms with Crippen LogP contribution in [0, 0.1) is 5.92 Å². The predicted molar refractivity (Wildman–Crippen MR) is 90.8 cm³/mol. The van der Waals surface area contributed by atoms with Gasteiger partial charge >= 0.3 is 0 Å². The molecule has 0 aliphatic carbocycles. The molecule has 0 unspecified atom stereocenters. The van der Waals surface area contributed by atoms with E-state index in [0.29, 0.717) is 18.7 Å². The summed E-state index contributed by atoms with van der Waals surface area (Å²) >= 11 is 0. The van der Waals surface area contributed by atoms with Crippen LogP contribution in [-0.4, -0.2) is 48.8 Å². The molecule has 1 aliphatic rings. The lowest BCUT2D eigenvalue weighted by Crippen LogP contribution is -2.43. The van der Waals surface area contributed by atoms with Crippen molar-refractivity contribution in [3.63, 3.8) is 0 Å². The fourth-order valence-electron chi connectivity index (χ4n) is 3.21. The first-order valence-corrected chi connectivity index (χ1v) is 8.39. The summed E-state index contributed by atoms with van der Waals surface area (Å²) in [5, 5.41) is 18.8. The summed E-state index contributed by atoms with van der Waals surface area (Å²) in [7, 11) is 1.98. The number of aryl methyl sites for hydroxylation is 1. The fourth-order valence-corrected chi connectivity index (χ4v) is 3.21. The van der Waals surface area contributed by atoms with Gasteiger partial charge in [0, 0.05) is 32.0 Å². The summed E-state index contributed by atoms with van der Waals surface area (Å²) in [5.74, 6) is 0.842. The van der Waals surface area contributed by atoms with Crippen LogP contribution in [0.15, 0.2) is 30.5 Å². The lowest BCUT2D eigenvalue weighted by Gasteiger charge is -2.32. The van der Waals surface area contributed by atoms with Crippen LogP contribution in [0.1, 0.15) is 18.5 Å². The Hall–Kier alpha value is -2.97. The van der Waals surface area contributed by atoms with Gasteiger partial charge in [0.15, 0.2) is 11.5 Å². The Morgan fingerprint density at radius 3 is 3.12 bits per heavy atom. The Bertz CT molecular complexity index is 885. The van der Waals surface area contributed by atoms with Crippen molar-refractivity contribution in [1.82, 2.24) is 35.1 Å². The summed E-state index contributed by atoms with van der Waals surface area (Å²) in [6.45, 7) is 2.08. The molecule has 3 aromatic rings. The molecule has 25 heavy (non-hydrogen) atoms. The van der Waals surface area contributed by atoms with Crippen LogP contribution < -0.4 is 10.2 Å². The number of tetrazole rings is 1. The first kappa shape index (κ1) is 15.6. The van der Waals surface area contributed by atoms with Crippen LogP contribution in [-0.2, 0) is 18.4 Å². The Kier molecular flexibility index (Phi) is 4.04. The largest absolute Gasteiger partial charge is 0.354 e. The van der Waals surface area contributed by atoms with Gasteiger partial charge < -0.3 is 14.8 Å². The van der Waals surface area contributed by atoms with Crippen LogP contribution in [0.25, 0.3) is 5.65 Å². The molecule has 1 fully saturated rings. The van der Waals surface area contributed by atoms with E-state index in [2.05, 4.69) is 30.8 Å². The van der Waals surface area contributed by atoms with E-state index in [-0.39, 0.29) is 11.8 Å². The molecule has 1 saturated heterocycles. The van der Waals surface area contributed by atoms with Crippen LogP contribution in [0.3, 0.4) is 0 Å². The molecule has 0 saturated carbocycles. The highest BCUT2D eigenvalue weighted by molar-refractivity contribution is 5.79. The lowest BCUT2D eigenvalue weighted by molar-refractivity contribution is -0.125. The topological polar surface area (TPSA) is 93.2 Å². The van der Waals surface area contributed by atoms with Gasteiger partial charge in [-0.25, -0.2) is 0 Å². The smallest absolute Gasteiger partial charge is 0.225 e. The van der Waals surface area contributed by atoms with Gasteiger partial charge in [0.05, 0.1) is 12.5 Å². The van der Waals surface area contributed by atoms with Gasteiger partial charge in [-0.1, -0.05) is 0 Å². The van der Waals surface area contributed by atoms with Crippen molar-refractivity contribution in [2.75, 3.05) is 18.0 Å². The van der Waals surface area contributed by atoms with E-state index < -0.39 is 0 Å². The molecule has 4 rings (SSSR count). The third-order valence-electron chi connectivity index (χ3n) is 4.67. The van der Waals surface area contributed by atoms with Crippen molar-refractivity contribution in [1.29, 1.82) is 0 Å². The second-order valence-electron chi connectivity index (χ2n) is 6.33. The molecule has 3 aromatic heterocycles. The summed E-state index contributed by atoms with van der Waals surface area (Å²) in [5.41, 5.74) is 1.70. The maximum atomic E-state index is 12.5. The van der Waals surface area contributed by atoms with Crippen LogP contribution in [0.2, 0.25) is 0 Å². The normalized spacial score (nSPS) is 17.8. The number of rotatable bonds is 4. The molecule has 0 aromatic carbocycles. The zero-order valence-corrected chi connectivity index (χ0v) is 14.0. The van der Waals surface area contributed by atoms with E-state index >= 15 is 0 Å². The average Bonchev–Trinajstić information content (AvgIpc) is 3.27. The second-order valence-corrected chi connectivity index (χ2v) is 6.33. The highest BCUT2D eigenvalue weighted by Crippen LogP contribution is 2.21. The van der Waals surface area contributed by atoms with Gasteiger partial charge in [0.2, 0.25) is 5.91 Å². The zero-order chi connectivity index (χ0) is 17.2. The summed E-state index contributed by atoms with van der Waals surface area (Å²) in [6, 6.07) is 7.72. The number of fused-ring (bicyclic) bond motifs is 1. The Morgan fingerprint density at radius 2 is 2.28 bits per heavy atom. The minimum atomic E-state index is -0.0413. The van der Waals surface area contributed by atoms with E-state index in [4.69, 9.17) is 0 Å². The molecule has 0 radical (unpaired) electrons. The van der Waals surface area contributed by atoms with Crippen molar-refractivity contribution < 1.29 is 4.79 Å². The monoisotopic (exact) mass is 340 g/mol. The molecule has 1 aliphatic heterocycles. The molecular weight excluding hydrogens is 320 g/mol. The highest BCUT2D eigenvalue weighted by Gasteiger charge is 2.26. The molecule has 0 bridgehead atoms. The maximum Gasteiger partial charge on any atom is 0.225 e. The number of carbonyl (C=O) groups excluding carboxylic acids is 1. The van der Waals surface area contributed by atoms with E-state index in [1.165, 1.54) is 4.63 Å². The first-order chi connectivity index (χ1) is 12.2. The van der Waals surface area contributed by atoms with E-state index in [1.807, 2.05) is 42.1 Å². The third kappa shape index (κ3) is 3.17. The Balaban J connectivity index is 1.41. The molecule has 0 spiro atoms. The number of carbonyl (C=O) groups is 1. The minimum Gasteiger partial charge on any atom is -0.354 e. The van der Waals surface area contributed by atoms with Crippen molar-refractivity contribution in [2.24, 2.45) is 13.0 Å². The van der Waals surface area contributed by atoms with Crippen molar-refractivity contribution >= 4 is 17.4 Å². The van der Waals surface area contributed by atoms with Crippen LogP contribution in [0.5, 0.6) is 0 Å². The maximum absolute atomic E-state index is 12.5. The Labute approximate surface area is 144 Å².